The van der Waals surface area contributed by atoms with Crippen LogP contribution in [0.4, 0.5) is 18.0 Å². The highest BCUT2D eigenvalue weighted by Crippen LogP contribution is 2.39. The zero-order valence-corrected chi connectivity index (χ0v) is 22.7. The number of aliphatic imine (C=N–C) groups is 1. The van der Waals surface area contributed by atoms with Crippen molar-refractivity contribution in [2.75, 3.05) is 20.2 Å². The third kappa shape index (κ3) is 7.65. The molecule has 3 amide bonds. The first-order chi connectivity index (χ1) is 20.0. The van der Waals surface area contributed by atoms with Gasteiger partial charge in [-0.25, -0.2) is 4.79 Å². The molecule has 0 radical (unpaired) electrons. The van der Waals surface area contributed by atoms with Crippen LogP contribution in [0.5, 0.6) is 5.75 Å². The Bertz CT molecular complexity index is 1450. The Hall–Kier alpha value is -4.87. The van der Waals surface area contributed by atoms with Crippen molar-refractivity contribution >= 4 is 23.9 Å². The third-order valence-electron chi connectivity index (χ3n) is 6.84. The van der Waals surface area contributed by atoms with E-state index in [2.05, 4.69) is 10.3 Å². The number of hydrogen-bond acceptors (Lipinski definition) is 5. The normalized spacial score (nSPS) is 14.3. The molecule has 0 aliphatic carbocycles. The number of nitrogens with zero attached hydrogens (tertiary/aromatic N) is 2. The van der Waals surface area contributed by atoms with E-state index in [1.54, 1.807) is 59.5 Å². The molecule has 1 saturated heterocycles. The second-order valence-corrected chi connectivity index (χ2v) is 9.59. The quantitative estimate of drug-likeness (QED) is 0.308. The van der Waals surface area contributed by atoms with Crippen molar-refractivity contribution in [2.45, 2.75) is 31.5 Å². The molecule has 0 aromatic heterocycles. The summed E-state index contributed by atoms with van der Waals surface area (Å²) in [5.41, 5.74) is 5.56. The predicted molar refractivity (Wildman–Crippen MR) is 148 cm³/mol. The number of rotatable bonds is 6. The minimum absolute atomic E-state index is 0.0433. The van der Waals surface area contributed by atoms with E-state index in [4.69, 9.17) is 15.2 Å². The first kappa shape index (κ1) is 30.1. The Morgan fingerprint density at radius 2 is 1.62 bits per heavy atom. The summed E-state index contributed by atoms with van der Waals surface area (Å²) >= 11 is 0. The number of methoxy groups -OCH3 is 1. The van der Waals surface area contributed by atoms with Gasteiger partial charge in [-0.05, 0) is 66.3 Å². The molecule has 42 heavy (non-hydrogen) atoms. The van der Waals surface area contributed by atoms with Crippen molar-refractivity contribution in [1.29, 1.82) is 0 Å². The fourth-order valence-electron chi connectivity index (χ4n) is 4.68. The van der Waals surface area contributed by atoms with Gasteiger partial charge >= 0.3 is 12.3 Å². The molecule has 3 aromatic rings. The molecule has 0 unspecified atom stereocenters. The predicted octanol–water partition coefficient (Wildman–Crippen LogP) is 5.12. The van der Waals surface area contributed by atoms with Crippen LogP contribution in [0.2, 0.25) is 0 Å². The van der Waals surface area contributed by atoms with Crippen molar-refractivity contribution in [2.24, 2.45) is 10.7 Å². The number of piperidine rings is 1. The lowest BCUT2D eigenvalue weighted by Gasteiger charge is -2.33. The standard InChI is InChI=1S/C30H29F3N4O5/c1-41-23-10-7-21(8-11-23)27(39)37-15-13-20(14-16-37)24-12-9-22(17-25(24)30(31,32)33)26(38)35-28(34)36-29(40)42-18-19-5-3-2-4-6-19/h2-12,17,20H,13-16,18H2,1H3,(H3,34,35,36,38,40). The minimum Gasteiger partial charge on any atom is -0.497 e. The molecule has 4 rings (SSSR count). The van der Waals surface area contributed by atoms with Gasteiger partial charge in [0.25, 0.3) is 11.8 Å². The van der Waals surface area contributed by atoms with E-state index in [1.165, 1.54) is 19.2 Å². The number of hydrogen-bond donors (Lipinski definition) is 2. The number of alkyl halides is 3. The number of benzene rings is 3. The van der Waals surface area contributed by atoms with Crippen molar-refractivity contribution in [3.05, 3.63) is 101 Å². The van der Waals surface area contributed by atoms with Crippen molar-refractivity contribution in [3.8, 4) is 5.75 Å². The molecular formula is C30H29F3N4O5. The van der Waals surface area contributed by atoms with E-state index in [9.17, 15) is 27.6 Å². The number of carbonyl (C=O) groups excluding carboxylic acids is 3. The van der Waals surface area contributed by atoms with Crippen molar-refractivity contribution in [3.63, 3.8) is 0 Å². The molecule has 3 aromatic carbocycles. The topological polar surface area (TPSA) is 123 Å². The van der Waals surface area contributed by atoms with Gasteiger partial charge in [0, 0.05) is 24.2 Å². The lowest BCUT2D eigenvalue weighted by molar-refractivity contribution is -0.138. The summed E-state index contributed by atoms with van der Waals surface area (Å²) in [6.45, 7) is 0.486. The first-order valence-corrected chi connectivity index (χ1v) is 13.1. The lowest BCUT2D eigenvalue weighted by Crippen LogP contribution is -2.38. The first-order valence-electron chi connectivity index (χ1n) is 13.1. The number of nitrogens with two attached hydrogens (primary N) is 1. The number of halogens is 3. The monoisotopic (exact) mass is 582 g/mol. The zero-order chi connectivity index (χ0) is 30.3. The summed E-state index contributed by atoms with van der Waals surface area (Å²) in [5.74, 6) is -1.65. The average molecular weight is 583 g/mol. The largest absolute Gasteiger partial charge is 0.497 e. The summed E-state index contributed by atoms with van der Waals surface area (Å²) < 4.78 is 52.3. The van der Waals surface area contributed by atoms with Gasteiger partial charge in [-0.3, -0.25) is 14.9 Å². The highest BCUT2D eigenvalue weighted by Gasteiger charge is 2.37. The summed E-state index contributed by atoms with van der Waals surface area (Å²) in [6, 6.07) is 18.7. The van der Waals surface area contributed by atoms with Crippen LogP contribution < -0.4 is 15.8 Å². The number of nitrogens with one attached hydrogen (secondary N) is 1. The molecular weight excluding hydrogens is 553 g/mol. The van der Waals surface area contributed by atoms with E-state index in [1.807, 2.05) is 0 Å². The Kier molecular flexibility index (Phi) is 9.46. The average Bonchev–Trinajstić information content (AvgIpc) is 2.99. The highest BCUT2D eigenvalue weighted by atomic mass is 19.4. The molecule has 0 atom stereocenters. The van der Waals surface area contributed by atoms with E-state index in [0.717, 1.165) is 6.07 Å². The summed E-state index contributed by atoms with van der Waals surface area (Å²) in [6.07, 6.45) is -5.16. The molecule has 1 aliphatic rings. The lowest BCUT2D eigenvalue weighted by atomic mass is 9.85. The zero-order valence-electron chi connectivity index (χ0n) is 22.7. The molecule has 220 valence electrons. The summed E-state index contributed by atoms with van der Waals surface area (Å²) in [4.78, 5) is 42.4. The number of carbonyl (C=O) groups is 3. The van der Waals surface area contributed by atoms with Crippen LogP contribution in [-0.2, 0) is 17.5 Å². The molecule has 3 N–H and O–H groups in total. The van der Waals surface area contributed by atoms with Crippen molar-refractivity contribution < 1.29 is 37.0 Å². The molecule has 1 heterocycles. The van der Waals surface area contributed by atoms with Gasteiger partial charge in [-0.2, -0.15) is 13.2 Å². The van der Waals surface area contributed by atoms with Crippen LogP contribution >= 0.6 is 0 Å². The van der Waals surface area contributed by atoms with Crippen molar-refractivity contribution in [1.82, 2.24) is 10.2 Å². The molecule has 12 heteroatoms. The number of likely N-dealkylation sites (tertiary alicyclic amines) is 1. The minimum atomic E-state index is -4.73. The Labute approximate surface area is 240 Å². The Balaban J connectivity index is 1.40. The van der Waals surface area contributed by atoms with E-state index in [-0.39, 0.29) is 36.7 Å². The maximum atomic E-state index is 14.1. The molecule has 0 bridgehead atoms. The SMILES string of the molecule is COc1ccc(C(=O)N2CCC(c3ccc(C(=O)N/C(N)=N\C(=O)OCc4ccccc4)cc3C(F)(F)F)CC2)cc1. The van der Waals surface area contributed by atoms with Crippen LogP contribution in [0.15, 0.2) is 77.8 Å². The smallest absolute Gasteiger partial charge is 0.437 e. The molecule has 1 fully saturated rings. The van der Waals surface area contributed by atoms with Gasteiger partial charge in [-0.1, -0.05) is 36.4 Å². The van der Waals surface area contributed by atoms with Crippen LogP contribution in [0.1, 0.15) is 56.2 Å². The molecule has 1 aliphatic heterocycles. The fraction of sp³-hybridized carbons (Fsp3) is 0.267. The Morgan fingerprint density at radius 3 is 2.24 bits per heavy atom. The number of ether oxygens (including phenoxy) is 2. The second kappa shape index (κ2) is 13.2. The maximum Gasteiger partial charge on any atom is 0.437 e. The van der Waals surface area contributed by atoms with Gasteiger partial charge < -0.3 is 20.1 Å². The fourth-order valence-corrected chi connectivity index (χ4v) is 4.68. The van der Waals surface area contributed by atoms with Crippen LogP contribution in [-0.4, -0.2) is 49.0 Å². The van der Waals surface area contributed by atoms with Gasteiger partial charge in [0.05, 0.1) is 12.7 Å². The molecule has 0 saturated carbocycles. The van der Waals surface area contributed by atoms with Crippen LogP contribution in [0.25, 0.3) is 0 Å². The van der Waals surface area contributed by atoms with Crippen LogP contribution in [0, 0.1) is 0 Å². The molecule has 9 nitrogen and oxygen atoms in total. The maximum absolute atomic E-state index is 14.1. The Morgan fingerprint density at radius 1 is 0.976 bits per heavy atom. The van der Waals surface area contributed by atoms with Gasteiger partial charge in [0.2, 0.25) is 5.96 Å². The summed E-state index contributed by atoms with van der Waals surface area (Å²) in [5, 5.41) is 2.11. The second-order valence-electron chi connectivity index (χ2n) is 9.59. The highest BCUT2D eigenvalue weighted by molar-refractivity contribution is 6.07. The van der Waals surface area contributed by atoms with E-state index in [0.29, 0.717) is 29.7 Å². The van der Waals surface area contributed by atoms with Gasteiger partial charge in [-0.15, -0.1) is 4.99 Å². The van der Waals surface area contributed by atoms with Gasteiger partial charge in [0.15, 0.2) is 0 Å². The van der Waals surface area contributed by atoms with E-state index < -0.39 is 35.6 Å². The number of amides is 3. The molecule has 0 spiro atoms. The van der Waals surface area contributed by atoms with E-state index >= 15 is 0 Å². The number of guanidine groups is 1. The third-order valence-corrected chi connectivity index (χ3v) is 6.84. The van der Waals surface area contributed by atoms with Crippen LogP contribution in [0.3, 0.4) is 0 Å². The van der Waals surface area contributed by atoms with Gasteiger partial charge in [0.1, 0.15) is 12.4 Å². The summed E-state index contributed by atoms with van der Waals surface area (Å²) in [7, 11) is 1.52.